The Bertz CT molecular complexity index is 1270. The van der Waals surface area contributed by atoms with Crippen LogP contribution in [0, 0.1) is 5.92 Å². The number of allylic oxidation sites excluding steroid dienone is 3. The summed E-state index contributed by atoms with van der Waals surface area (Å²) in [6.45, 7) is 10.4. The molecule has 3 aromatic heterocycles. The molecule has 0 amide bonds. The van der Waals surface area contributed by atoms with Crippen LogP contribution >= 0.6 is 11.3 Å². The van der Waals surface area contributed by atoms with Crippen molar-refractivity contribution in [1.29, 1.82) is 0 Å². The summed E-state index contributed by atoms with van der Waals surface area (Å²) in [5.41, 5.74) is 1.60. The van der Waals surface area contributed by atoms with Crippen LogP contribution in [-0.2, 0) is 0 Å². The molecule has 0 N–H and O–H groups in total. The van der Waals surface area contributed by atoms with Gasteiger partial charge in [0, 0.05) is 30.4 Å². The molecule has 5 rings (SSSR count). The van der Waals surface area contributed by atoms with Gasteiger partial charge in [0.1, 0.15) is 11.6 Å². The van der Waals surface area contributed by atoms with Gasteiger partial charge in [0.15, 0.2) is 5.65 Å². The van der Waals surface area contributed by atoms with Gasteiger partial charge in [-0.1, -0.05) is 20.4 Å². The topological polar surface area (TPSA) is 46.3 Å². The van der Waals surface area contributed by atoms with Gasteiger partial charge < -0.3 is 4.90 Å². The molecule has 0 bridgehead atoms. The Hall–Kier alpha value is -2.87. The highest BCUT2D eigenvalue weighted by atomic mass is 32.1. The molecule has 2 fully saturated rings. The molecule has 8 heteroatoms. The number of anilines is 1. The van der Waals surface area contributed by atoms with Crippen molar-refractivity contribution in [2.24, 2.45) is 5.92 Å². The van der Waals surface area contributed by atoms with E-state index in [1.807, 2.05) is 24.7 Å². The summed E-state index contributed by atoms with van der Waals surface area (Å²) in [6.07, 6.45) is 9.67. The predicted octanol–water partition coefficient (Wildman–Crippen LogP) is 6.23. The number of rotatable bonds is 6. The van der Waals surface area contributed by atoms with Gasteiger partial charge in [-0.25, -0.2) is 23.3 Å². The smallest absolute Gasteiger partial charge is 0.166 e. The Morgan fingerprint density at radius 1 is 1.31 bits per heavy atom. The van der Waals surface area contributed by atoms with Gasteiger partial charge in [-0.2, -0.15) is 5.10 Å². The van der Waals surface area contributed by atoms with Crippen molar-refractivity contribution in [2.75, 3.05) is 11.4 Å². The van der Waals surface area contributed by atoms with Crippen LogP contribution in [0.1, 0.15) is 44.5 Å². The van der Waals surface area contributed by atoms with E-state index in [1.165, 1.54) is 13.0 Å². The highest BCUT2D eigenvalue weighted by Gasteiger charge is 2.64. The number of hydrogen-bond acceptors (Lipinski definition) is 5. The summed E-state index contributed by atoms with van der Waals surface area (Å²) in [4.78, 5) is 12.7. The fourth-order valence-corrected chi connectivity index (χ4v) is 5.61. The van der Waals surface area contributed by atoms with Crippen LogP contribution in [0.4, 0.5) is 14.6 Å². The number of halogens is 2. The van der Waals surface area contributed by atoms with E-state index in [4.69, 9.17) is 4.98 Å². The van der Waals surface area contributed by atoms with Gasteiger partial charge in [0.05, 0.1) is 33.0 Å². The number of aromatic nitrogens is 4. The van der Waals surface area contributed by atoms with Crippen LogP contribution in [0.5, 0.6) is 0 Å². The summed E-state index contributed by atoms with van der Waals surface area (Å²) in [5, 5.41) is 5.53. The highest BCUT2D eigenvalue weighted by molar-refractivity contribution is 7.15. The van der Waals surface area contributed by atoms with E-state index in [2.05, 4.69) is 35.4 Å². The van der Waals surface area contributed by atoms with Crippen molar-refractivity contribution in [3.8, 4) is 10.4 Å². The number of fused-ring (bicyclic) bond motifs is 2. The summed E-state index contributed by atoms with van der Waals surface area (Å²) >= 11 is 1.65. The first-order valence-corrected chi connectivity index (χ1v) is 11.6. The molecule has 1 aliphatic heterocycles. The van der Waals surface area contributed by atoms with Gasteiger partial charge in [-0.15, -0.1) is 11.3 Å². The Morgan fingerprint density at radius 3 is 2.81 bits per heavy atom. The summed E-state index contributed by atoms with van der Waals surface area (Å²) in [5.74, 6) is 0.556. The number of piperidine rings is 1. The highest BCUT2D eigenvalue weighted by Crippen LogP contribution is 2.61. The van der Waals surface area contributed by atoms with E-state index in [0.717, 1.165) is 52.4 Å². The Morgan fingerprint density at radius 2 is 2.12 bits per heavy atom. The molecule has 0 spiro atoms. The summed E-state index contributed by atoms with van der Waals surface area (Å²) in [7, 11) is 0. The lowest BCUT2D eigenvalue weighted by Gasteiger charge is -2.30. The standard InChI is InChI=1S/C24H25F2N5S/c1-14(2)23-27-13-20(32-23)18-12-28-31-10-8-21(29-22(18)31)30-9-7-17-11-24(17,30)16(4)19(26)6-5-15(3)25/h5-6,8,10,12-14,17H,4,7,9,11H2,1-3H3/b15-5+,19-6+/t17-,24-/m0/s1. The van der Waals surface area contributed by atoms with Gasteiger partial charge in [-0.05, 0) is 43.9 Å². The maximum Gasteiger partial charge on any atom is 0.166 e. The SMILES string of the molecule is C=C(/C(F)=C\C=C(/C)F)[C@@]12C[C@@H]1CCN2c1ccn2ncc(-c3cnc(C(C)C)s3)c2n1. The third-order valence-electron chi connectivity index (χ3n) is 6.44. The number of hydrogen-bond donors (Lipinski definition) is 0. The first-order valence-electron chi connectivity index (χ1n) is 10.8. The molecule has 0 unspecified atom stereocenters. The molecule has 0 radical (unpaired) electrons. The van der Waals surface area contributed by atoms with Crippen molar-refractivity contribution in [3.05, 3.63) is 65.6 Å². The maximum absolute atomic E-state index is 14.8. The second-order valence-corrected chi connectivity index (χ2v) is 9.90. The molecule has 1 aliphatic carbocycles. The zero-order valence-electron chi connectivity index (χ0n) is 18.3. The normalized spacial score (nSPS) is 23.3. The Balaban J connectivity index is 1.51. The minimum absolute atomic E-state index is 0.335. The lowest BCUT2D eigenvalue weighted by molar-refractivity contribution is 0.598. The van der Waals surface area contributed by atoms with Crippen LogP contribution in [0.3, 0.4) is 0 Å². The van der Waals surface area contributed by atoms with E-state index < -0.39 is 17.2 Å². The molecule has 5 nitrogen and oxygen atoms in total. The molecule has 2 aliphatic rings. The van der Waals surface area contributed by atoms with E-state index in [-0.39, 0.29) is 0 Å². The summed E-state index contributed by atoms with van der Waals surface area (Å²) in [6, 6.07) is 1.92. The lowest BCUT2D eigenvalue weighted by atomic mass is 10.0. The van der Waals surface area contributed by atoms with E-state index in [1.54, 1.807) is 15.9 Å². The fraction of sp³-hybridized carbons (Fsp3) is 0.375. The van der Waals surface area contributed by atoms with Crippen LogP contribution < -0.4 is 4.90 Å². The van der Waals surface area contributed by atoms with Crippen molar-refractivity contribution < 1.29 is 8.78 Å². The van der Waals surface area contributed by atoms with E-state index in [9.17, 15) is 8.78 Å². The minimum Gasteiger partial charge on any atom is -0.346 e. The van der Waals surface area contributed by atoms with Gasteiger partial charge in [0.2, 0.25) is 0 Å². The monoisotopic (exact) mass is 453 g/mol. The Kier molecular flexibility index (Phi) is 5.00. The van der Waals surface area contributed by atoms with Crippen molar-refractivity contribution in [2.45, 2.75) is 45.1 Å². The van der Waals surface area contributed by atoms with Crippen LogP contribution in [0.15, 0.2) is 60.6 Å². The van der Waals surface area contributed by atoms with E-state index in [0.29, 0.717) is 17.4 Å². The largest absolute Gasteiger partial charge is 0.346 e. The molecule has 166 valence electrons. The zero-order valence-corrected chi connectivity index (χ0v) is 19.2. The molecule has 32 heavy (non-hydrogen) atoms. The third kappa shape index (κ3) is 3.28. The number of thiazole rings is 1. The number of nitrogens with zero attached hydrogens (tertiary/aromatic N) is 5. The van der Waals surface area contributed by atoms with Crippen LogP contribution in [0.2, 0.25) is 0 Å². The van der Waals surface area contributed by atoms with Gasteiger partial charge >= 0.3 is 0 Å². The molecule has 4 heterocycles. The maximum atomic E-state index is 14.8. The first kappa shape index (κ1) is 21.0. The van der Waals surface area contributed by atoms with E-state index >= 15 is 0 Å². The summed E-state index contributed by atoms with van der Waals surface area (Å²) < 4.78 is 29.6. The zero-order chi connectivity index (χ0) is 22.6. The first-order chi connectivity index (χ1) is 15.3. The quantitative estimate of drug-likeness (QED) is 0.415. The average Bonchev–Trinajstić information content (AvgIpc) is 3.14. The molecule has 1 saturated carbocycles. The molecule has 0 aromatic carbocycles. The second-order valence-electron chi connectivity index (χ2n) is 8.84. The molecular formula is C24H25F2N5S. The fourth-order valence-electron chi connectivity index (χ4n) is 4.68. The lowest BCUT2D eigenvalue weighted by Crippen LogP contribution is -2.37. The predicted molar refractivity (Wildman–Crippen MR) is 124 cm³/mol. The molecule has 1 saturated heterocycles. The van der Waals surface area contributed by atoms with Crippen molar-refractivity contribution >= 4 is 22.8 Å². The van der Waals surface area contributed by atoms with Crippen molar-refractivity contribution in [3.63, 3.8) is 0 Å². The molecule has 3 aromatic rings. The van der Waals surface area contributed by atoms with Crippen molar-refractivity contribution in [1.82, 2.24) is 19.6 Å². The second kappa shape index (κ2) is 7.62. The van der Waals surface area contributed by atoms with Crippen LogP contribution in [0.25, 0.3) is 16.1 Å². The van der Waals surface area contributed by atoms with Crippen LogP contribution in [-0.4, -0.2) is 31.7 Å². The molecular weight excluding hydrogens is 428 g/mol. The van der Waals surface area contributed by atoms with Gasteiger partial charge in [-0.3, -0.25) is 0 Å². The third-order valence-corrected chi connectivity index (χ3v) is 7.77. The Labute approximate surface area is 189 Å². The van der Waals surface area contributed by atoms with Gasteiger partial charge in [0.25, 0.3) is 0 Å². The average molecular weight is 454 g/mol. The minimum atomic E-state index is -0.487. The molecule has 2 atom stereocenters.